The summed E-state index contributed by atoms with van der Waals surface area (Å²) < 4.78 is 26.9. The Bertz CT molecular complexity index is 1070. The Balaban J connectivity index is 2.52. The maximum absolute atomic E-state index is 13.2. The number of ether oxygens (including phenoxy) is 5. The maximum atomic E-state index is 13.2. The molecule has 0 spiro atoms. The third-order valence-electron chi connectivity index (χ3n) is 4.56. The first-order valence-corrected chi connectivity index (χ1v) is 10.6. The van der Waals surface area contributed by atoms with Crippen molar-refractivity contribution < 1.29 is 42.9 Å². The third-order valence-corrected chi connectivity index (χ3v) is 4.56. The molecule has 0 N–H and O–H groups in total. The predicted molar refractivity (Wildman–Crippen MR) is 113 cm³/mol. The molecule has 15 heteroatoms. The van der Waals surface area contributed by atoms with E-state index in [4.69, 9.17) is 23.7 Å². The van der Waals surface area contributed by atoms with Gasteiger partial charge in [-0.05, 0) is 0 Å². The first kappa shape index (κ1) is 27.5. The summed E-state index contributed by atoms with van der Waals surface area (Å²) in [7, 11) is 0. The van der Waals surface area contributed by atoms with E-state index in [2.05, 4.69) is 0 Å². The highest BCUT2D eigenvalue weighted by atomic mass is 16.6. The molecule has 2 rings (SSSR count). The van der Waals surface area contributed by atoms with Crippen molar-refractivity contribution in [3.05, 3.63) is 31.5 Å². The van der Waals surface area contributed by atoms with Crippen molar-refractivity contribution in [2.75, 3.05) is 19.8 Å². The Hall–Kier alpha value is -3.75. The second-order valence-electron chi connectivity index (χ2n) is 7.70. The molecule has 35 heavy (non-hydrogen) atoms. The molecule has 15 nitrogen and oxygen atoms in total. The third kappa shape index (κ3) is 8.51. The average molecular weight is 501 g/mol. The van der Waals surface area contributed by atoms with Gasteiger partial charge in [-0.1, -0.05) is 0 Å². The first-order valence-electron chi connectivity index (χ1n) is 10.6. The minimum atomic E-state index is -1.22. The Labute approximate surface area is 198 Å². The minimum absolute atomic E-state index is 0.164. The zero-order valence-corrected chi connectivity index (χ0v) is 19.7. The van der Waals surface area contributed by atoms with Crippen LogP contribution >= 0.6 is 0 Å². The molecule has 1 aromatic heterocycles. The lowest BCUT2D eigenvalue weighted by atomic mass is 10.3. The van der Waals surface area contributed by atoms with Crippen LogP contribution in [0.2, 0.25) is 0 Å². The molecule has 2 heterocycles. The highest BCUT2D eigenvalue weighted by molar-refractivity contribution is 5.67. The van der Waals surface area contributed by atoms with E-state index in [1.807, 2.05) is 0 Å². The van der Waals surface area contributed by atoms with Crippen LogP contribution in [0, 0.1) is 0 Å². The van der Waals surface area contributed by atoms with Crippen LogP contribution in [0.3, 0.4) is 0 Å². The Morgan fingerprint density at radius 3 is 1.43 bits per heavy atom. The van der Waals surface area contributed by atoms with Crippen LogP contribution in [-0.2, 0) is 62.5 Å². The molecule has 0 saturated carbocycles. The summed E-state index contributed by atoms with van der Waals surface area (Å²) in [5.41, 5.74) is -3.11. The molecule has 1 aliphatic rings. The van der Waals surface area contributed by atoms with Crippen molar-refractivity contribution in [2.45, 2.75) is 65.6 Å². The summed E-state index contributed by atoms with van der Waals surface area (Å²) in [5, 5.41) is 0. The zero-order valence-electron chi connectivity index (χ0n) is 19.7. The van der Waals surface area contributed by atoms with Crippen LogP contribution in [0.4, 0.5) is 0 Å². The fourth-order valence-electron chi connectivity index (χ4n) is 3.07. The molecule has 1 aromatic rings. The molecule has 0 aromatic carbocycles. The number of esters is 4. The molecular weight excluding hydrogens is 474 g/mol. The summed E-state index contributed by atoms with van der Waals surface area (Å²) in [6.07, 6.45) is -2.86. The van der Waals surface area contributed by atoms with E-state index in [9.17, 15) is 33.6 Å². The molecule has 0 amide bonds. The minimum Gasteiger partial charge on any atom is -0.462 e. The van der Waals surface area contributed by atoms with Gasteiger partial charge in [0, 0.05) is 27.7 Å². The van der Waals surface area contributed by atoms with Gasteiger partial charge in [0.1, 0.15) is 13.2 Å². The van der Waals surface area contributed by atoms with Crippen molar-refractivity contribution in [2.24, 2.45) is 0 Å². The number of hydrogen-bond acceptors (Lipinski definition) is 12. The number of epoxide rings is 1. The number of nitrogens with zero attached hydrogens (tertiary/aromatic N) is 3. The van der Waals surface area contributed by atoms with Gasteiger partial charge in [0.2, 0.25) is 0 Å². The summed E-state index contributed by atoms with van der Waals surface area (Å²) in [4.78, 5) is 84.5. The number of carbonyl (C=O) groups is 4. The summed E-state index contributed by atoms with van der Waals surface area (Å²) >= 11 is 0. The van der Waals surface area contributed by atoms with Gasteiger partial charge in [0.25, 0.3) is 0 Å². The molecule has 3 atom stereocenters. The smallest absolute Gasteiger partial charge is 0.336 e. The quantitative estimate of drug-likeness (QED) is 0.168. The van der Waals surface area contributed by atoms with Gasteiger partial charge < -0.3 is 23.7 Å². The molecule has 1 fully saturated rings. The lowest BCUT2D eigenvalue weighted by molar-refractivity contribution is -0.157. The van der Waals surface area contributed by atoms with Crippen molar-refractivity contribution in [3.63, 3.8) is 0 Å². The van der Waals surface area contributed by atoms with Crippen LogP contribution < -0.4 is 17.1 Å². The van der Waals surface area contributed by atoms with E-state index in [0.29, 0.717) is 15.7 Å². The van der Waals surface area contributed by atoms with Crippen molar-refractivity contribution in [1.29, 1.82) is 0 Å². The largest absolute Gasteiger partial charge is 0.462 e. The summed E-state index contributed by atoms with van der Waals surface area (Å²) in [5.74, 6) is -2.88. The summed E-state index contributed by atoms with van der Waals surface area (Å²) in [6.45, 7) is 2.58. The molecular formula is C20H27N3O12. The van der Waals surface area contributed by atoms with Gasteiger partial charge in [-0.25, -0.2) is 28.1 Å². The van der Waals surface area contributed by atoms with E-state index in [-0.39, 0.29) is 6.54 Å². The van der Waals surface area contributed by atoms with E-state index in [1.165, 1.54) is 0 Å². The van der Waals surface area contributed by atoms with Crippen LogP contribution in [0.25, 0.3) is 0 Å². The number of rotatable bonds is 12. The van der Waals surface area contributed by atoms with Gasteiger partial charge in [-0.2, -0.15) is 0 Å². The van der Waals surface area contributed by atoms with E-state index >= 15 is 0 Å². The molecule has 0 radical (unpaired) electrons. The van der Waals surface area contributed by atoms with Crippen LogP contribution in [0.1, 0.15) is 27.7 Å². The Kier molecular flexibility index (Phi) is 9.50. The number of carbonyl (C=O) groups excluding carboxylic acids is 4. The van der Waals surface area contributed by atoms with Crippen molar-refractivity contribution in [1.82, 2.24) is 13.7 Å². The average Bonchev–Trinajstić information content (AvgIpc) is 3.57. The van der Waals surface area contributed by atoms with Gasteiger partial charge >= 0.3 is 40.9 Å². The second kappa shape index (κ2) is 12.1. The van der Waals surface area contributed by atoms with Crippen molar-refractivity contribution >= 4 is 23.9 Å². The SMILES string of the molecule is CC(=O)OCC(Cn1c(=O)n(CC2CO2)c(=O)n(CC(COC(C)=O)OC(C)=O)c1=O)OC(C)=O. The number of aromatic nitrogens is 3. The maximum Gasteiger partial charge on any atom is 0.336 e. The van der Waals surface area contributed by atoms with E-state index < -0.39 is 85.6 Å². The van der Waals surface area contributed by atoms with E-state index in [1.54, 1.807) is 0 Å². The standard InChI is InChI=1S/C20H27N3O12/c1-11(24)31-9-16(34-13(3)26)6-22-18(28)21(5-15-8-33-15)19(29)23(20(22)30)7-17(35-14(4)27)10-32-12(2)25/h15-17H,5-10H2,1-4H3. The van der Waals surface area contributed by atoms with Crippen LogP contribution in [-0.4, -0.2) is 75.7 Å². The summed E-state index contributed by atoms with van der Waals surface area (Å²) in [6, 6.07) is 0. The topological polar surface area (TPSA) is 184 Å². The molecule has 1 saturated heterocycles. The lowest BCUT2D eigenvalue weighted by Crippen LogP contribution is -2.57. The monoisotopic (exact) mass is 501 g/mol. The zero-order chi connectivity index (χ0) is 26.3. The van der Waals surface area contributed by atoms with Gasteiger partial charge in [0.15, 0.2) is 12.2 Å². The fourth-order valence-corrected chi connectivity index (χ4v) is 3.07. The molecule has 0 bridgehead atoms. The van der Waals surface area contributed by atoms with E-state index in [0.717, 1.165) is 32.3 Å². The molecule has 1 aliphatic heterocycles. The molecule has 3 unspecified atom stereocenters. The highest BCUT2D eigenvalue weighted by Crippen LogP contribution is 2.09. The lowest BCUT2D eigenvalue weighted by Gasteiger charge is -2.21. The molecule has 0 aliphatic carbocycles. The van der Waals surface area contributed by atoms with Gasteiger partial charge in [0.05, 0.1) is 32.3 Å². The Morgan fingerprint density at radius 2 is 1.11 bits per heavy atom. The number of hydrogen-bond donors (Lipinski definition) is 0. The highest BCUT2D eigenvalue weighted by Gasteiger charge is 2.29. The molecule has 194 valence electrons. The van der Waals surface area contributed by atoms with Crippen LogP contribution in [0.5, 0.6) is 0 Å². The van der Waals surface area contributed by atoms with Gasteiger partial charge in [-0.15, -0.1) is 0 Å². The normalized spacial score (nSPS) is 16.1. The van der Waals surface area contributed by atoms with Crippen LogP contribution in [0.15, 0.2) is 14.4 Å². The predicted octanol–water partition coefficient (Wildman–Crippen LogP) is -2.44. The van der Waals surface area contributed by atoms with Gasteiger partial charge in [-0.3, -0.25) is 19.2 Å². The van der Waals surface area contributed by atoms with Crippen molar-refractivity contribution in [3.8, 4) is 0 Å². The second-order valence-corrected chi connectivity index (χ2v) is 7.70. The first-order chi connectivity index (χ1) is 16.4. The Morgan fingerprint density at radius 1 is 0.743 bits per heavy atom. The fraction of sp³-hybridized carbons (Fsp3) is 0.650.